The first-order chi connectivity index (χ1) is 15.2. The standard InChI is InChI=1S/C24H38O7/c1-27-22(26)11-5-3-2-4-10-18-19(17-25)21(31-24-13-7-9-15-29-24)16-20(18)30-23-12-6-8-14-28-23/h5,11,17-21,23-24H,2-4,6-10,12-16H2,1H3/b11-5+/t18-,19-,20+,21-,23?,24?/m1/s1. The molecule has 1 aliphatic carbocycles. The molecule has 3 fully saturated rings. The van der Waals surface area contributed by atoms with Gasteiger partial charge in [0.25, 0.3) is 0 Å². The van der Waals surface area contributed by atoms with Crippen molar-refractivity contribution in [3.8, 4) is 0 Å². The molecule has 176 valence electrons. The average Bonchev–Trinajstić information content (AvgIpc) is 3.12. The minimum Gasteiger partial charge on any atom is -0.466 e. The average molecular weight is 439 g/mol. The van der Waals surface area contributed by atoms with Gasteiger partial charge in [0.2, 0.25) is 0 Å². The summed E-state index contributed by atoms with van der Waals surface area (Å²) in [5.41, 5.74) is 0. The first kappa shape index (κ1) is 24.4. The summed E-state index contributed by atoms with van der Waals surface area (Å²) >= 11 is 0. The molecule has 7 heteroatoms. The molecule has 0 amide bonds. The third-order valence-electron chi connectivity index (χ3n) is 6.57. The lowest BCUT2D eigenvalue weighted by Gasteiger charge is -2.29. The van der Waals surface area contributed by atoms with E-state index in [9.17, 15) is 9.59 Å². The van der Waals surface area contributed by atoms with Crippen molar-refractivity contribution >= 4 is 12.3 Å². The Morgan fingerprint density at radius 1 is 0.968 bits per heavy atom. The third kappa shape index (κ3) is 7.67. The van der Waals surface area contributed by atoms with Crippen LogP contribution < -0.4 is 0 Å². The van der Waals surface area contributed by atoms with Crippen LogP contribution in [0.4, 0.5) is 0 Å². The molecule has 0 aromatic rings. The Labute approximate surface area is 185 Å². The summed E-state index contributed by atoms with van der Waals surface area (Å²) in [7, 11) is 1.37. The van der Waals surface area contributed by atoms with Crippen molar-refractivity contribution in [1.29, 1.82) is 0 Å². The van der Waals surface area contributed by atoms with Crippen LogP contribution in [0, 0.1) is 11.8 Å². The smallest absolute Gasteiger partial charge is 0.330 e. The molecular formula is C24H38O7. The molecule has 2 aliphatic heterocycles. The molecule has 2 saturated heterocycles. The highest BCUT2D eigenvalue weighted by Gasteiger charge is 2.46. The Bertz CT molecular complexity index is 566. The Balaban J connectivity index is 1.55. The topological polar surface area (TPSA) is 80.3 Å². The van der Waals surface area contributed by atoms with E-state index in [1.807, 2.05) is 6.08 Å². The maximum atomic E-state index is 12.1. The van der Waals surface area contributed by atoms with Crippen LogP contribution in [0.15, 0.2) is 12.2 Å². The molecule has 0 N–H and O–H groups in total. The summed E-state index contributed by atoms with van der Waals surface area (Å²) in [5.74, 6) is -0.409. The van der Waals surface area contributed by atoms with E-state index in [1.54, 1.807) is 0 Å². The molecule has 2 heterocycles. The molecule has 6 atom stereocenters. The lowest BCUT2D eigenvalue weighted by Crippen LogP contribution is -2.32. The molecular weight excluding hydrogens is 400 g/mol. The second-order valence-corrected chi connectivity index (χ2v) is 8.76. The van der Waals surface area contributed by atoms with Gasteiger partial charge >= 0.3 is 5.97 Å². The SMILES string of the molecule is COC(=O)/C=C/CCCC[C@@H]1[C@@H](C=O)[C@H](OC2CCCCO2)C[C@@H]1OC1CCCCO1. The van der Waals surface area contributed by atoms with E-state index in [1.165, 1.54) is 13.2 Å². The van der Waals surface area contributed by atoms with Crippen LogP contribution in [0.5, 0.6) is 0 Å². The van der Waals surface area contributed by atoms with E-state index in [4.69, 9.17) is 18.9 Å². The van der Waals surface area contributed by atoms with E-state index < -0.39 is 0 Å². The molecule has 0 aromatic heterocycles. The van der Waals surface area contributed by atoms with Gasteiger partial charge in [-0.1, -0.05) is 12.5 Å². The van der Waals surface area contributed by atoms with Gasteiger partial charge < -0.3 is 28.5 Å². The van der Waals surface area contributed by atoms with Crippen molar-refractivity contribution in [1.82, 2.24) is 0 Å². The summed E-state index contributed by atoms with van der Waals surface area (Å²) in [6.45, 7) is 1.46. The van der Waals surface area contributed by atoms with Crippen LogP contribution >= 0.6 is 0 Å². The quantitative estimate of drug-likeness (QED) is 0.209. The van der Waals surface area contributed by atoms with Crippen LogP contribution in [-0.4, -0.2) is 57.4 Å². The Morgan fingerprint density at radius 2 is 1.65 bits per heavy atom. The van der Waals surface area contributed by atoms with Crippen LogP contribution in [0.25, 0.3) is 0 Å². The number of hydrogen-bond donors (Lipinski definition) is 0. The summed E-state index contributed by atoms with van der Waals surface area (Å²) in [6.07, 6.45) is 14.2. The number of aldehydes is 1. The number of allylic oxidation sites excluding steroid dienone is 1. The van der Waals surface area contributed by atoms with Crippen molar-refractivity contribution < 1.29 is 33.3 Å². The monoisotopic (exact) mass is 438 g/mol. The second kappa shape index (κ2) is 13.3. The molecule has 7 nitrogen and oxygen atoms in total. The highest BCUT2D eigenvalue weighted by molar-refractivity contribution is 5.81. The fraction of sp³-hybridized carbons (Fsp3) is 0.833. The van der Waals surface area contributed by atoms with Gasteiger partial charge in [0, 0.05) is 31.6 Å². The van der Waals surface area contributed by atoms with E-state index in [0.717, 1.165) is 83.7 Å². The highest BCUT2D eigenvalue weighted by atomic mass is 16.7. The molecule has 3 aliphatic rings. The van der Waals surface area contributed by atoms with Gasteiger partial charge in [-0.3, -0.25) is 0 Å². The van der Waals surface area contributed by atoms with E-state index in [0.29, 0.717) is 6.42 Å². The van der Waals surface area contributed by atoms with Gasteiger partial charge in [-0.2, -0.15) is 0 Å². The van der Waals surface area contributed by atoms with E-state index >= 15 is 0 Å². The maximum Gasteiger partial charge on any atom is 0.330 e. The molecule has 0 aromatic carbocycles. The van der Waals surface area contributed by atoms with Crippen molar-refractivity contribution in [3.63, 3.8) is 0 Å². The van der Waals surface area contributed by atoms with Gasteiger partial charge in [-0.15, -0.1) is 0 Å². The molecule has 3 rings (SSSR count). The third-order valence-corrected chi connectivity index (χ3v) is 6.57. The number of rotatable bonds is 11. The van der Waals surface area contributed by atoms with Crippen molar-refractivity contribution in [2.24, 2.45) is 11.8 Å². The summed E-state index contributed by atoms with van der Waals surface area (Å²) in [5, 5.41) is 0. The summed E-state index contributed by atoms with van der Waals surface area (Å²) in [4.78, 5) is 23.2. The first-order valence-corrected chi connectivity index (χ1v) is 11.9. The van der Waals surface area contributed by atoms with Gasteiger partial charge in [0.15, 0.2) is 12.6 Å². The molecule has 31 heavy (non-hydrogen) atoms. The van der Waals surface area contributed by atoms with Crippen LogP contribution in [0.2, 0.25) is 0 Å². The van der Waals surface area contributed by atoms with Crippen molar-refractivity contribution in [2.45, 2.75) is 95.4 Å². The van der Waals surface area contributed by atoms with Crippen LogP contribution in [0.3, 0.4) is 0 Å². The van der Waals surface area contributed by atoms with Crippen molar-refractivity contribution in [3.05, 3.63) is 12.2 Å². The van der Waals surface area contributed by atoms with Gasteiger partial charge in [0.1, 0.15) is 6.29 Å². The zero-order valence-corrected chi connectivity index (χ0v) is 18.7. The first-order valence-electron chi connectivity index (χ1n) is 11.9. The fourth-order valence-electron chi connectivity index (χ4n) is 4.87. The molecule has 1 saturated carbocycles. The number of ether oxygens (including phenoxy) is 5. The number of esters is 1. The molecule has 2 unspecified atom stereocenters. The summed E-state index contributed by atoms with van der Waals surface area (Å²) in [6, 6.07) is 0. The van der Waals surface area contributed by atoms with Gasteiger partial charge in [-0.05, 0) is 63.7 Å². The largest absolute Gasteiger partial charge is 0.466 e. The second-order valence-electron chi connectivity index (χ2n) is 8.76. The number of carbonyl (C=O) groups is 2. The lowest BCUT2D eigenvalue weighted by molar-refractivity contribution is -0.204. The zero-order chi connectivity index (χ0) is 21.9. The predicted octanol–water partition coefficient (Wildman–Crippen LogP) is 3.93. The normalized spacial score (nSPS) is 34.1. The lowest BCUT2D eigenvalue weighted by atomic mass is 9.89. The van der Waals surface area contributed by atoms with Crippen molar-refractivity contribution in [2.75, 3.05) is 20.3 Å². The van der Waals surface area contributed by atoms with E-state index in [-0.39, 0.29) is 42.6 Å². The van der Waals surface area contributed by atoms with Gasteiger partial charge in [-0.25, -0.2) is 4.79 Å². The Kier molecular flexibility index (Phi) is 10.5. The van der Waals surface area contributed by atoms with Gasteiger partial charge in [0.05, 0.1) is 19.3 Å². The minimum absolute atomic E-state index is 0.0440. The fourth-order valence-corrected chi connectivity index (χ4v) is 4.87. The molecule has 0 radical (unpaired) electrons. The number of carbonyl (C=O) groups excluding carboxylic acids is 2. The predicted molar refractivity (Wildman–Crippen MR) is 114 cm³/mol. The summed E-state index contributed by atoms with van der Waals surface area (Å²) < 4.78 is 28.8. The molecule has 0 bridgehead atoms. The van der Waals surface area contributed by atoms with Crippen LogP contribution in [0.1, 0.15) is 70.6 Å². The number of unbranched alkanes of at least 4 members (excludes halogenated alkanes) is 2. The van der Waals surface area contributed by atoms with Crippen LogP contribution in [-0.2, 0) is 33.3 Å². The number of methoxy groups -OCH3 is 1. The number of hydrogen-bond acceptors (Lipinski definition) is 7. The zero-order valence-electron chi connectivity index (χ0n) is 18.7. The minimum atomic E-state index is -0.331. The maximum absolute atomic E-state index is 12.1. The van der Waals surface area contributed by atoms with E-state index in [2.05, 4.69) is 4.74 Å². The Morgan fingerprint density at radius 3 is 2.23 bits per heavy atom. The molecule has 0 spiro atoms. The highest BCUT2D eigenvalue weighted by Crippen LogP contribution is 2.41. The Hall–Kier alpha value is -1.28.